The van der Waals surface area contributed by atoms with Gasteiger partial charge in [0.2, 0.25) is 0 Å². The van der Waals surface area contributed by atoms with Gasteiger partial charge in [0.15, 0.2) is 0 Å². The normalized spacial score (nSPS) is 10.2. The fourth-order valence-electron chi connectivity index (χ4n) is 1.84. The van der Waals surface area contributed by atoms with Gasteiger partial charge in [-0.15, -0.1) is 0 Å². The molecular formula is C14H13NO2. The SMILES string of the molecule is Cc1cc(C(=O)O)ccc1-c1ccccc1N. The molecule has 3 N–H and O–H groups in total. The number of carboxylic acids is 1. The Morgan fingerprint density at radius 1 is 1.12 bits per heavy atom. The van der Waals surface area contributed by atoms with Crippen LogP contribution in [0.1, 0.15) is 15.9 Å². The minimum absolute atomic E-state index is 0.292. The van der Waals surface area contributed by atoms with Crippen molar-refractivity contribution in [3.8, 4) is 11.1 Å². The zero-order chi connectivity index (χ0) is 12.4. The summed E-state index contributed by atoms with van der Waals surface area (Å²) in [4.78, 5) is 10.8. The number of rotatable bonds is 2. The summed E-state index contributed by atoms with van der Waals surface area (Å²) >= 11 is 0. The Kier molecular flexibility index (Phi) is 2.83. The van der Waals surface area contributed by atoms with E-state index in [1.54, 1.807) is 18.2 Å². The lowest BCUT2D eigenvalue weighted by molar-refractivity contribution is 0.0697. The third-order valence-corrected chi connectivity index (χ3v) is 2.72. The van der Waals surface area contributed by atoms with Crippen molar-refractivity contribution in [1.82, 2.24) is 0 Å². The number of carboxylic acid groups (broad SMARTS) is 1. The van der Waals surface area contributed by atoms with Gasteiger partial charge in [-0.3, -0.25) is 0 Å². The topological polar surface area (TPSA) is 63.3 Å². The van der Waals surface area contributed by atoms with Crippen molar-refractivity contribution >= 4 is 11.7 Å². The maximum Gasteiger partial charge on any atom is 0.335 e. The van der Waals surface area contributed by atoms with Crippen molar-refractivity contribution in [2.75, 3.05) is 5.73 Å². The van der Waals surface area contributed by atoms with E-state index in [0.717, 1.165) is 16.7 Å². The summed E-state index contributed by atoms with van der Waals surface area (Å²) in [5, 5.41) is 8.90. The molecular weight excluding hydrogens is 214 g/mol. The first-order chi connectivity index (χ1) is 8.09. The molecule has 0 heterocycles. The molecule has 0 bridgehead atoms. The molecule has 0 spiro atoms. The zero-order valence-electron chi connectivity index (χ0n) is 9.47. The molecule has 0 aliphatic heterocycles. The van der Waals surface area contributed by atoms with E-state index in [2.05, 4.69) is 0 Å². The number of hydrogen-bond donors (Lipinski definition) is 2. The molecule has 3 nitrogen and oxygen atoms in total. The molecule has 0 fully saturated rings. The number of aryl methyl sites for hydroxylation is 1. The summed E-state index contributed by atoms with van der Waals surface area (Å²) in [6, 6.07) is 12.6. The van der Waals surface area contributed by atoms with Crippen molar-refractivity contribution in [2.45, 2.75) is 6.92 Å². The van der Waals surface area contributed by atoms with E-state index in [4.69, 9.17) is 10.8 Å². The van der Waals surface area contributed by atoms with Crippen LogP contribution >= 0.6 is 0 Å². The molecule has 0 saturated heterocycles. The highest BCUT2D eigenvalue weighted by Gasteiger charge is 2.08. The van der Waals surface area contributed by atoms with Crippen LogP contribution in [0.2, 0.25) is 0 Å². The largest absolute Gasteiger partial charge is 0.478 e. The van der Waals surface area contributed by atoms with Gasteiger partial charge < -0.3 is 10.8 Å². The van der Waals surface area contributed by atoms with Gasteiger partial charge in [0.05, 0.1) is 5.56 Å². The molecule has 0 radical (unpaired) electrons. The Bertz CT molecular complexity index is 576. The summed E-state index contributed by atoms with van der Waals surface area (Å²) in [6.45, 7) is 1.88. The Morgan fingerprint density at radius 3 is 2.41 bits per heavy atom. The molecule has 2 aromatic carbocycles. The fraction of sp³-hybridized carbons (Fsp3) is 0.0714. The first-order valence-corrected chi connectivity index (χ1v) is 5.28. The number of nitrogens with two attached hydrogens (primary N) is 1. The van der Waals surface area contributed by atoms with Gasteiger partial charge in [-0.05, 0) is 36.2 Å². The predicted octanol–water partition coefficient (Wildman–Crippen LogP) is 2.94. The molecule has 0 aliphatic carbocycles. The van der Waals surface area contributed by atoms with Gasteiger partial charge in [0.25, 0.3) is 0 Å². The third-order valence-electron chi connectivity index (χ3n) is 2.72. The maximum absolute atomic E-state index is 10.8. The van der Waals surface area contributed by atoms with E-state index >= 15 is 0 Å². The minimum atomic E-state index is -0.916. The summed E-state index contributed by atoms with van der Waals surface area (Å²) in [7, 11) is 0. The highest BCUT2D eigenvalue weighted by atomic mass is 16.4. The van der Waals surface area contributed by atoms with Crippen molar-refractivity contribution in [3.05, 3.63) is 53.6 Å². The van der Waals surface area contributed by atoms with Crippen molar-refractivity contribution in [3.63, 3.8) is 0 Å². The lowest BCUT2D eigenvalue weighted by atomic mass is 9.97. The van der Waals surface area contributed by atoms with Crippen molar-refractivity contribution in [2.24, 2.45) is 0 Å². The number of nitrogen functional groups attached to an aromatic ring is 1. The van der Waals surface area contributed by atoms with E-state index in [0.29, 0.717) is 11.3 Å². The van der Waals surface area contributed by atoms with Crippen molar-refractivity contribution < 1.29 is 9.90 Å². The molecule has 0 atom stereocenters. The molecule has 3 heteroatoms. The lowest BCUT2D eigenvalue weighted by Crippen LogP contribution is -1.98. The van der Waals surface area contributed by atoms with Crippen LogP contribution in [-0.2, 0) is 0 Å². The predicted molar refractivity (Wildman–Crippen MR) is 68.0 cm³/mol. The standard InChI is InChI=1S/C14H13NO2/c1-9-8-10(14(16)17)6-7-11(9)12-4-2-3-5-13(12)15/h2-8H,15H2,1H3,(H,16,17). The van der Waals surface area contributed by atoms with E-state index < -0.39 is 5.97 Å². The van der Waals surface area contributed by atoms with Crippen LogP contribution in [0.5, 0.6) is 0 Å². The second-order valence-corrected chi connectivity index (χ2v) is 3.92. The van der Waals surface area contributed by atoms with Crippen molar-refractivity contribution in [1.29, 1.82) is 0 Å². The van der Waals surface area contributed by atoms with Gasteiger partial charge in [0, 0.05) is 11.3 Å². The minimum Gasteiger partial charge on any atom is -0.478 e. The number of carbonyl (C=O) groups is 1. The second kappa shape index (κ2) is 4.29. The Morgan fingerprint density at radius 2 is 1.82 bits per heavy atom. The average Bonchev–Trinajstić information content (AvgIpc) is 2.30. The first-order valence-electron chi connectivity index (χ1n) is 5.28. The van der Waals surface area contributed by atoms with Gasteiger partial charge in [-0.2, -0.15) is 0 Å². The van der Waals surface area contributed by atoms with Crippen LogP contribution in [0.3, 0.4) is 0 Å². The number of para-hydroxylation sites is 1. The van der Waals surface area contributed by atoms with Crippen LogP contribution in [0.4, 0.5) is 5.69 Å². The second-order valence-electron chi connectivity index (χ2n) is 3.92. The number of hydrogen-bond acceptors (Lipinski definition) is 2. The molecule has 2 rings (SSSR count). The summed E-state index contributed by atoms with van der Waals surface area (Å²) in [6.07, 6.45) is 0. The first kappa shape index (κ1) is 11.2. The average molecular weight is 227 g/mol. The monoisotopic (exact) mass is 227 g/mol. The summed E-state index contributed by atoms with van der Waals surface area (Å²) < 4.78 is 0. The number of aromatic carboxylic acids is 1. The molecule has 0 aromatic heterocycles. The number of benzene rings is 2. The van der Waals surface area contributed by atoms with Gasteiger partial charge >= 0.3 is 5.97 Å². The van der Waals surface area contributed by atoms with Crippen LogP contribution in [-0.4, -0.2) is 11.1 Å². The van der Waals surface area contributed by atoms with E-state index in [1.807, 2.05) is 31.2 Å². The third kappa shape index (κ3) is 2.13. The summed E-state index contributed by atoms with van der Waals surface area (Å²) in [5.74, 6) is -0.916. The molecule has 86 valence electrons. The Hall–Kier alpha value is -2.29. The molecule has 0 amide bonds. The fourth-order valence-corrected chi connectivity index (χ4v) is 1.84. The molecule has 0 saturated carbocycles. The van der Waals surface area contributed by atoms with Gasteiger partial charge in [-0.25, -0.2) is 4.79 Å². The highest BCUT2D eigenvalue weighted by molar-refractivity contribution is 5.89. The Labute approximate surface area is 99.5 Å². The molecule has 17 heavy (non-hydrogen) atoms. The smallest absolute Gasteiger partial charge is 0.335 e. The molecule has 2 aromatic rings. The Balaban J connectivity index is 2.55. The zero-order valence-corrected chi connectivity index (χ0v) is 9.47. The van der Waals surface area contributed by atoms with Crippen LogP contribution < -0.4 is 5.73 Å². The quantitative estimate of drug-likeness (QED) is 0.775. The highest BCUT2D eigenvalue weighted by Crippen LogP contribution is 2.28. The van der Waals surface area contributed by atoms with Gasteiger partial charge in [-0.1, -0.05) is 24.3 Å². The van der Waals surface area contributed by atoms with E-state index in [9.17, 15) is 4.79 Å². The number of anilines is 1. The van der Waals surface area contributed by atoms with Crippen LogP contribution in [0, 0.1) is 6.92 Å². The van der Waals surface area contributed by atoms with Crippen LogP contribution in [0.25, 0.3) is 11.1 Å². The van der Waals surface area contributed by atoms with Gasteiger partial charge in [0.1, 0.15) is 0 Å². The van der Waals surface area contributed by atoms with Crippen LogP contribution in [0.15, 0.2) is 42.5 Å². The summed E-state index contributed by atoms with van der Waals surface area (Å²) in [5.41, 5.74) is 9.69. The molecule has 0 unspecified atom stereocenters. The van der Waals surface area contributed by atoms with E-state index in [-0.39, 0.29) is 0 Å². The van der Waals surface area contributed by atoms with E-state index in [1.165, 1.54) is 0 Å². The maximum atomic E-state index is 10.8. The molecule has 0 aliphatic rings. The lowest BCUT2D eigenvalue weighted by Gasteiger charge is -2.09.